The fraction of sp³-hybridized carbons (Fsp3) is 0.562. The maximum absolute atomic E-state index is 12.8. The van der Waals surface area contributed by atoms with Gasteiger partial charge in [0.2, 0.25) is 0 Å². The summed E-state index contributed by atoms with van der Waals surface area (Å²) in [6, 6.07) is 9.95. The Bertz CT molecular complexity index is 430. The second-order valence-electron chi connectivity index (χ2n) is 5.78. The van der Waals surface area contributed by atoms with E-state index in [2.05, 4.69) is 4.90 Å². The molecule has 1 N–H and O–H groups in total. The number of aliphatic hydroxyl groups is 1. The summed E-state index contributed by atoms with van der Waals surface area (Å²) in [5, 5.41) is 9.38. The largest absolute Gasteiger partial charge is 0.396 e. The summed E-state index contributed by atoms with van der Waals surface area (Å²) >= 11 is 0. The van der Waals surface area contributed by atoms with Gasteiger partial charge >= 0.3 is 0 Å². The zero-order valence-corrected chi connectivity index (χ0v) is 11.8. The standard InChI is InChI=1S/C16H23NO2/c1-17(2)12-13-8-9-16(10-11-18,15(13)19)14-6-4-3-5-7-14/h3-7,13,18H,8-12H2,1-2H3. The van der Waals surface area contributed by atoms with Crippen molar-refractivity contribution in [1.82, 2.24) is 4.90 Å². The average molecular weight is 261 g/mol. The lowest BCUT2D eigenvalue weighted by Gasteiger charge is -2.28. The Hall–Kier alpha value is -1.19. The van der Waals surface area contributed by atoms with Crippen molar-refractivity contribution in [2.75, 3.05) is 27.2 Å². The van der Waals surface area contributed by atoms with E-state index in [0.717, 1.165) is 24.9 Å². The third-order valence-corrected chi connectivity index (χ3v) is 4.21. The van der Waals surface area contributed by atoms with Gasteiger partial charge in [-0.05, 0) is 38.9 Å². The molecule has 0 spiro atoms. The second kappa shape index (κ2) is 5.85. The number of aliphatic hydroxyl groups excluding tert-OH is 1. The number of ketones is 1. The number of nitrogens with zero attached hydrogens (tertiary/aromatic N) is 1. The molecular formula is C16H23NO2. The smallest absolute Gasteiger partial charge is 0.147 e. The minimum Gasteiger partial charge on any atom is -0.396 e. The molecule has 0 radical (unpaired) electrons. The zero-order valence-electron chi connectivity index (χ0n) is 11.8. The summed E-state index contributed by atoms with van der Waals surface area (Å²) in [5.41, 5.74) is 0.603. The van der Waals surface area contributed by atoms with Crippen LogP contribution in [0.3, 0.4) is 0 Å². The highest BCUT2D eigenvalue weighted by atomic mass is 16.3. The Balaban J connectivity index is 2.29. The Morgan fingerprint density at radius 2 is 2.00 bits per heavy atom. The highest BCUT2D eigenvalue weighted by Crippen LogP contribution is 2.43. The number of carbonyl (C=O) groups excluding carboxylic acids is 1. The maximum Gasteiger partial charge on any atom is 0.147 e. The summed E-state index contributed by atoms with van der Waals surface area (Å²) in [5.74, 6) is 0.406. The molecule has 1 fully saturated rings. The van der Waals surface area contributed by atoms with E-state index in [1.165, 1.54) is 0 Å². The van der Waals surface area contributed by atoms with E-state index in [0.29, 0.717) is 12.2 Å². The van der Waals surface area contributed by atoms with Crippen LogP contribution in [0.25, 0.3) is 0 Å². The van der Waals surface area contributed by atoms with Crippen LogP contribution in [0.15, 0.2) is 30.3 Å². The van der Waals surface area contributed by atoms with E-state index in [4.69, 9.17) is 0 Å². The molecule has 2 unspecified atom stereocenters. The number of rotatable bonds is 5. The van der Waals surface area contributed by atoms with Crippen molar-refractivity contribution in [3.63, 3.8) is 0 Å². The van der Waals surface area contributed by atoms with Crippen LogP contribution in [0.1, 0.15) is 24.8 Å². The minimum absolute atomic E-state index is 0.0648. The van der Waals surface area contributed by atoms with Gasteiger partial charge in [0.25, 0.3) is 0 Å². The fourth-order valence-corrected chi connectivity index (χ4v) is 3.31. The maximum atomic E-state index is 12.8. The lowest BCUT2D eigenvalue weighted by atomic mass is 9.75. The first-order valence-corrected chi connectivity index (χ1v) is 6.95. The van der Waals surface area contributed by atoms with Crippen LogP contribution in [0.2, 0.25) is 0 Å². The minimum atomic E-state index is -0.462. The van der Waals surface area contributed by atoms with E-state index in [-0.39, 0.29) is 12.5 Å². The third-order valence-electron chi connectivity index (χ3n) is 4.21. The fourth-order valence-electron chi connectivity index (χ4n) is 3.31. The Morgan fingerprint density at radius 1 is 1.32 bits per heavy atom. The number of hydrogen-bond donors (Lipinski definition) is 1. The van der Waals surface area contributed by atoms with Crippen LogP contribution in [0.4, 0.5) is 0 Å². The monoisotopic (exact) mass is 261 g/mol. The highest BCUT2D eigenvalue weighted by Gasteiger charge is 2.48. The molecule has 2 rings (SSSR count). The third kappa shape index (κ3) is 2.72. The van der Waals surface area contributed by atoms with Gasteiger partial charge in [-0.2, -0.15) is 0 Å². The van der Waals surface area contributed by atoms with Gasteiger partial charge in [-0.25, -0.2) is 0 Å². The average Bonchev–Trinajstić information content (AvgIpc) is 2.70. The first kappa shape index (κ1) is 14.2. The van der Waals surface area contributed by atoms with Gasteiger partial charge in [0.1, 0.15) is 5.78 Å². The quantitative estimate of drug-likeness (QED) is 0.879. The molecule has 1 saturated carbocycles. The molecule has 0 amide bonds. The predicted octanol–water partition coefficient (Wildman–Crippen LogP) is 1.85. The van der Waals surface area contributed by atoms with Crippen molar-refractivity contribution in [2.45, 2.75) is 24.7 Å². The molecule has 0 aliphatic heterocycles. The Labute approximate surface area is 115 Å². The molecule has 1 aromatic rings. The van der Waals surface area contributed by atoms with Crippen molar-refractivity contribution < 1.29 is 9.90 Å². The van der Waals surface area contributed by atoms with Gasteiger partial charge in [0, 0.05) is 19.1 Å². The second-order valence-corrected chi connectivity index (χ2v) is 5.78. The van der Waals surface area contributed by atoms with Crippen LogP contribution in [-0.4, -0.2) is 43.0 Å². The summed E-state index contributed by atoms with van der Waals surface area (Å²) < 4.78 is 0. The highest BCUT2D eigenvalue weighted by molar-refractivity contribution is 5.94. The summed E-state index contributed by atoms with van der Waals surface area (Å²) in [7, 11) is 4.00. The lowest BCUT2D eigenvalue weighted by Crippen LogP contribution is -2.37. The molecule has 0 heterocycles. The summed E-state index contributed by atoms with van der Waals surface area (Å²) in [4.78, 5) is 14.9. The van der Waals surface area contributed by atoms with Gasteiger partial charge < -0.3 is 10.0 Å². The molecule has 2 atom stereocenters. The lowest BCUT2D eigenvalue weighted by molar-refractivity contribution is -0.126. The molecule has 1 aliphatic rings. The molecular weight excluding hydrogens is 238 g/mol. The topological polar surface area (TPSA) is 40.5 Å². The van der Waals surface area contributed by atoms with E-state index in [9.17, 15) is 9.90 Å². The van der Waals surface area contributed by atoms with E-state index < -0.39 is 5.41 Å². The van der Waals surface area contributed by atoms with Gasteiger partial charge in [0.05, 0.1) is 5.41 Å². The predicted molar refractivity (Wildman–Crippen MR) is 76.1 cm³/mol. The van der Waals surface area contributed by atoms with Crippen LogP contribution in [-0.2, 0) is 10.2 Å². The van der Waals surface area contributed by atoms with Crippen LogP contribution < -0.4 is 0 Å². The molecule has 1 aliphatic carbocycles. The summed E-state index contributed by atoms with van der Waals surface area (Å²) in [6.07, 6.45) is 2.32. The van der Waals surface area contributed by atoms with Gasteiger partial charge in [-0.3, -0.25) is 4.79 Å². The molecule has 0 bridgehead atoms. The van der Waals surface area contributed by atoms with E-state index >= 15 is 0 Å². The molecule has 19 heavy (non-hydrogen) atoms. The molecule has 1 aromatic carbocycles. The molecule has 0 aromatic heterocycles. The normalized spacial score (nSPS) is 27.2. The SMILES string of the molecule is CN(C)CC1CCC(CCO)(c2ccccc2)C1=O. The number of hydrogen-bond acceptors (Lipinski definition) is 3. The first-order valence-electron chi connectivity index (χ1n) is 6.95. The van der Waals surface area contributed by atoms with Crippen LogP contribution >= 0.6 is 0 Å². The number of carbonyl (C=O) groups is 1. The number of Topliss-reactive ketones (excluding diaryl/α,β-unsaturated/α-hetero) is 1. The number of benzene rings is 1. The van der Waals surface area contributed by atoms with Crippen molar-refractivity contribution in [3.05, 3.63) is 35.9 Å². The zero-order chi connectivity index (χ0) is 13.9. The van der Waals surface area contributed by atoms with Crippen molar-refractivity contribution in [3.8, 4) is 0 Å². The van der Waals surface area contributed by atoms with E-state index in [1.807, 2.05) is 44.4 Å². The van der Waals surface area contributed by atoms with Crippen molar-refractivity contribution in [2.24, 2.45) is 5.92 Å². The summed E-state index contributed by atoms with van der Waals surface area (Å²) in [6.45, 7) is 0.869. The van der Waals surface area contributed by atoms with Crippen molar-refractivity contribution in [1.29, 1.82) is 0 Å². The van der Waals surface area contributed by atoms with Gasteiger partial charge in [0.15, 0.2) is 0 Å². The Kier molecular flexibility index (Phi) is 4.38. The van der Waals surface area contributed by atoms with Gasteiger partial charge in [-0.15, -0.1) is 0 Å². The first-order chi connectivity index (χ1) is 9.10. The van der Waals surface area contributed by atoms with Crippen LogP contribution in [0, 0.1) is 5.92 Å². The molecule has 104 valence electrons. The molecule has 3 heteroatoms. The molecule has 0 saturated heterocycles. The Morgan fingerprint density at radius 3 is 2.58 bits per heavy atom. The van der Waals surface area contributed by atoms with Gasteiger partial charge in [-0.1, -0.05) is 30.3 Å². The van der Waals surface area contributed by atoms with E-state index in [1.54, 1.807) is 0 Å². The van der Waals surface area contributed by atoms with Crippen LogP contribution in [0.5, 0.6) is 0 Å². The van der Waals surface area contributed by atoms with Crippen molar-refractivity contribution >= 4 is 5.78 Å². The molecule has 3 nitrogen and oxygen atoms in total.